The van der Waals surface area contributed by atoms with Gasteiger partial charge in [0, 0.05) is 17.6 Å². The average Bonchev–Trinajstić information content (AvgIpc) is 3.30. The maximum absolute atomic E-state index is 13.5. The Morgan fingerprint density at radius 1 is 1.14 bits per heavy atom. The van der Waals surface area contributed by atoms with E-state index in [2.05, 4.69) is 5.32 Å². The molecule has 0 saturated heterocycles. The van der Waals surface area contributed by atoms with Crippen LogP contribution in [-0.4, -0.2) is 50.0 Å². The van der Waals surface area contributed by atoms with Crippen molar-refractivity contribution in [3.05, 3.63) is 64.4 Å². The summed E-state index contributed by atoms with van der Waals surface area (Å²) >= 11 is 6.20. The molecule has 2 amide bonds. The lowest BCUT2D eigenvalue weighted by atomic mass is 10.1. The van der Waals surface area contributed by atoms with E-state index < -0.39 is 34.3 Å². The predicted molar refractivity (Wildman–Crippen MR) is 135 cm³/mol. The van der Waals surface area contributed by atoms with Crippen molar-refractivity contribution >= 4 is 39.1 Å². The fourth-order valence-electron chi connectivity index (χ4n) is 4.11. The number of nitrogens with zero attached hydrogens (tertiary/aromatic N) is 2. The first-order valence-corrected chi connectivity index (χ1v) is 13.8. The summed E-state index contributed by atoms with van der Waals surface area (Å²) in [6.45, 7) is 2.90. The zero-order valence-corrected chi connectivity index (χ0v) is 21.7. The first kappa shape index (κ1) is 26.9. The molecule has 0 aliphatic heterocycles. The smallest absolute Gasteiger partial charge is 0.244 e. The summed E-state index contributed by atoms with van der Waals surface area (Å²) in [4.78, 5) is 27.8. The first-order chi connectivity index (χ1) is 16.5. The van der Waals surface area contributed by atoms with Gasteiger partial charge in [-0.2, -0.15) is 0 Å². The number of hydrogen-bond donors (Lipinski definition) is 1. The van der Waals surface area contributed by atoms with Crippen LogP contribution in [0, 0.1) is 12.7 Å². The van der Waals surface area contributed by atoms with Crippen LogP contribution in [0.15, 0.2) is 42.5 Å². The molecule has 1 aliphatic carbocycles. The third kappa shape index (κ3) is 7.18. The lowest BCUT2D eigenvalue weighted by Crippen LogP contribution is -2.52. The van der Waals surface area contributed by atoms with Gasteiger partial charge in [-0.05, 0) is 62.1 Å². The van der Waals surface area contributed by atoms with Gasteiger partial charge in [0.1, 0.15) is 18.4 Å². The number of aryl methyl sites for hydroxylation is 1. The van der Waals surface area contributed by atoms with E-state index in [1.807, 2.05) is 0 Å². The van der Waals surface area contributed by atoms with Crippen molar-refractivity contribution in [2.45, 2.75) is 58.2 Å². The van der Waals surface area contributed by atoms with Crippen LogP contribution in [0.1, 0.15) is 43.7 Å². The van der Waals surface area contributed by atoms with Crippen LogP contribution in [0.3, 0.4) is 0 Å². The quantitative estimate of drug-likeness (QED) is 0.537. The van der Waals surface area contributed by atoms with Crippen molar-refractivity contribution in [2.75, 3.05) is 17.1 Å². The van der Waals surface area contributed by atoms with Crippen LogP contribution in [0.4, 0.5) is 10.1 Å². The molecule has 1 aliphatic rings. The Morgan fingerprint density at radius 2 is 1.77 bits per heavy atom. The van der Waals surface area contributed by atoms with Gasteiger partial charge in [0.25, 0.3) is 0 Å². The van der Waals surface area contributed by atoms with Gasteiger partial charge in [0.05, 0.1) is 11.9 Å². The molecule has 1 unspecified atom stereocenters. The minimum absolute atomic E-state index is 0.0185. The molecule has 10 heteroatoms. The molecule has 0 radical (unpaired) electrons. The monoisotopic (exact) mass is 523 g/mol. The molecular formula is C25H31ClFN3O4S. The number of amides is 2. The fourth-order valence-corrected chi connectivity index (χ4v) is 5.13. The standard InChI is InChI=1S/C25H31ClFN3O4S/c1-17-8-13-22(14-23(17)26)30(35(3,33)34)16-24(31)29(15-19-9-11-20(27)12-10-19)18(2)25(32)28-21-6-4-5-7-21/h8-14,18,21H,4-7,15-16H2,1-3H3,(H,28,32). The highest BCUT2D eigenvalue weighted by Crippen LogP contribution is 2.25. The Morgan fingerprint density at radius 3 is 2.34 bits per heavy atom. The highest BCUT2D eigenvalue weighted by Gasteiger charge is 2.31. The zero-order valence-electron chi connectivity index (χ0n) is 20.1. The molecule has 0 spiro atoms. The third-order valence-electron chi connectivity index (χ3n) is 6.26. The minimum atomic E-state index is -3.84. The Kier molecular flexibility index (Phi) is 8.77. The number of anilines is 1. The van der Waals surface area contributed by atoms with Gasteiger partial charge < -0.3 is 10.2 Å². The number of hydrogen-bond acceptors (Lipinski definition) is 4. The highest BCUT2D eigenvalue weighted by atomic mass is 35.5. The second-order valence-corrected chi connectivity index (χ2v) is 11.3. The number of carbonyl (C=O) groups is 2. The maximum Gasteiger partial charge on any atom is 0.244 e. The van der Waals surface area contributed by atoms with E-state index in [0.29, 0.717) is 10.6 Å². The second kappa shape index (κ2) is 11.4. The Balaban J connectivity index is 1.88. The number of sulfonamides is 1. The van der Waals surface area contributed by atoms with Crippen molar-refractivity contribution < 1.29 is 22.4 Å². The van der Waals surface area contributed by atoms with Crippen LogP contribution >= 0.6 is 11.6 Å². The molecule has 3 rings (SSSR count). The Labute approximate surface area is 211 Å². The summed E-state index contributed by atoms with van der Waals surface area (Å²) in [5.74, 6) is -1.29. The van der Waals surface area contributed by atoms with Crippen molar-refractivity contribution in [1.82, 2.24) is 10.2 Å². The summed E-state index contributed by atoms with van der Waals surface area (Å²) in [6, 6.07) is 9.56. The van der Waals surface area contributed by atoms with E-state index in [9.17, 15) is 22.4 Å². The molecule has 0 bridgehead atoms. The molecule has 0 aromatic heterocycles. The van der Waals surface area contributed by atoms with Gasteiger partial charge in [0.2, 0.25) is 21.8 Å². The number of benzene rings is 2. The molecule has 1 saturated carbocycles. The van der Waals surface area contributed by atoms with Gasteiger partial charge >= 0.3 is 0 Å². The van der Waals surface area contributed by atoms with Crippen LogP contribution < -0.4 is 9.62 Å². The molecular weight excluding hydrogens is 493 g/mol. The highest BCUT2D eigenvalue weighted by molar-refractivity contribution is 7.92. The van der Waals surface area contributed by atoms with E-state index in [1.165, 1.54) is 35.2 Å². The van der Waals surface area contributed by atoms with Gasteiger partial charge in [-0.15, -0.1) is 0 Å². The molecule has 0 heterocycles. The normalized spacial score (nSPS) is 15.0. The summed E-state index contributed by atoms with van der Waals surface area (Å²) < 4.78 is 39.6. The molecule has 2 aromatic carbocycles. The minimum Gasteiger partial charge on any atom is -0.352 e. The number of nitrogens with one attached hydrogen (secondary N) is 1. The number of halogens is 2. The molecule has 1 fully saturated rings. The van der Waals surface area contributed by atoms with Crippen LogP contribution in [0.25, 0.3) is 0 Å². The zero-order chi connectivity index (χ0) is 25.8. The third-order valence-corrected chi connectivity index (χ3v) is 7.81. The van der Waals surface area contributed by atoms with Crippen molar-refractivity contribution in [1.29, 1.82) is 0 Å². The number of rotatable bonds is 9. The van der Waals surface area contributed by atoms with Gasteiger partial charge in [-0.1, -0.05) is 42.6 Å². The molecule has 1 N–H and O–H groups in total. The molecule has 35 heavy (non-hydrogen) atoms. The average molecular weight is 524 g/mol. The van der Waals surface area contributed by atoms with E-state index in [-0.39, 0.29) is 24.2 Å². The van der Waals surface area contributed by atoms with Crippen molar-refractivity contribution in [2.24, 2.45) is 0 Å². The summed E-state index contributed by atoms with van der Waals surface area (Å²) in [5.41, 5.74) is 1.64. The SMILES string of the molecule is Cc1ccc(N(CC(=O)N(Cc2ccc(F)cc2)C(C)C(=O)NC2CCCC2)S(C)(=O)=O)cc1Cl. The van der Waals surface area contributed by atoms with E-state index in [1.54, 1.807) is 26.0 Å². The topological polar surface area (TPSA) is 86.8 Å². The van der Waals surface area contributed by atoms with Gasteiger partial charge in [0.15, 0.2) is 0 Å². The van der Waals surface area contributed by atoms with E-state index in [4.69, 9.17) is 11.6 Å². The van der Waals surface area contributed by atoms with Crippen molar-refractivity contribution in [3.63, 3.8) is 0 Å². The predicted octanol–water partition coefficient (Wildman–Crippen LogP) is 4.03. The van der Waals surface area contributed by atoms with Crippen LogP contribution in [-0.2, 0) is 26.2 Å². The van der Waals surface area contributed by atoms with E-state index >= 15 is 0 Å². The lowest BCUT2D eigenvalue weighted by molar-refractivity contribution is -0.139. The fraction of sp³-hybridized carbons (Fsp3) is 0.440. The Hall–Kier alpha value is -2.65. The lowest BCUT2D eigenvalue weighted by Gasteiger charge is -2.32. The molecule has 2 aromatic rings. The summed E-state index contributed by atoms with van der Waals surface area (Å²) in [6.07, 6.45) is 4.87. The van der Waals surface area contributed by atoms with Crippen LogP contribution in [0.5, 0.6) is 0 Å². The molecule has 190 valence electrons. The molecule has 1 atom stereocenters. The van der Waals surface area contributed by atoms with Gasteiger partial charge in [-0.3, -0.25) is 13.9 Å². The van der Waals surface area contributed by atoms with Crippen molar-refractivity contribution in [3.8, 4) is 0 Å². The second-order valence-electron chi connectivity index (χ2n) is 9.02. The largest absolute Gasteiger partial charge is 0.352 e. The first-order valence-electron chi connectivity index (χ1n) is 11.5. The molecule has 7 nitrogen and oxygen atoms in total. The van der Waals surface area contributed by atoms with Crippen LogP contribution in [0.2, 0.25) is 5.02 Å². The number of carbonyl (C=O) groups excluding carboxylic acids is 2. The maximum atomic E-state index is 13.5. The Bertz CT molecular complexity index is 1170. The van der Waals surface area contributed by atoms with Gasteiger partial charge in [-0.25, -0.2) is 12.8 Å². The summed E-state index contributed by atoms with van der Waals surface area (Å²) in [5, 5.41) is 3.37. The summed E-state index contributed by atoms with van der Waals surface area (Å²) in [7, 11) is -3.84. The van der Waals surface area contributed by atoms with E-state index in [0.717, 1.165) is 41.8 Å².